The van der Waals surface area contributed by atoms with Crippen LogP contribution in [0.4, 0.5) is 0 Å². The third-order valence-electron chi connectivity index (χ3n) is 3.07. The lowest BCUT2D eigenvalue weighted by Crippen LogP contribution is -2.20. The van der Waals surface area contributed by atoms with E-state index >= 15 is 0 Å². The van der Waals surface area contributed by atoms with Gasteiger partial charge in [0.05, 0.1) is 18.8 Å². The highest BCUT2D eigenvalue weighted by atomic mass is 16.5. The van der Waals surface area contributed by atoms with Crippen molar-refractivity contribution < 1.29 is 9.84 Å². The predicted octanol–water partition coefficient (Wildman–Crippen LogP) is 1.33. The van der Waals surface area contributed by atoms with Gasteiger partial charge in [0.25, 0.3) is 0 Å². The average molecular weight is 180 g/mol. The third kappa shape index (κ3) is 1.87. The zero-order chi connectivity index (χ0) is 9.15. The van der Waals surface area contributed by atoms with Gasteiger partial charge in [-0.3, -0.25) is 0 Å². The van der Waals surface area contributed by atoms with Crippen LogP contribution in [0.25, 0.3) is 0 Å². The van der Waals surface area contributed by atoms with Crippen LogP contribution in [0.1, 0.15) is 32.1 Å². The van der Waals surface area contributed by atoms with Gasteiger partial charge in [-0.1, -0.05) is 0 Å². The molecule has 0 saturated heterocycles. The largest absolute Gasteiger partial charge is 0.394 e. The number of aliphatic hydroxyl groups excluding tert-OH is 1. The Morgan fingerprint density at radius 3 is 3.08 bits per heavy atom. The van der Waals surface area contributed by atoms with E-state index in [0.29, 0.717) is 12.5 Å². The van der Waals surface area contributed by atoms with Gasteiger partial charge in [-0.05, 0) is 25.2 Å². The SMILES string of the molecule is OCCOC12CCC#CCCC1C2. The molecule has 13 heavy (non-hydrogen) atoms. The van der Waals surface area contributed by atoms with Gasteiger partial charge >= 0.3 is 0 Å². The van der Waals surface area contributed by atoms with Gasteiger partial charge in [-0.15, -0.1) is 11.8 Å². The van der Waals surface area contributed by atoms with Gasteiger partial charge in [0.2, 0.25) is 0 Å². The summed E-state index contributed by atoms with van der Waals surface area (Å²) in [4.78, 5) is 0. The fourth-order valence-electron chi connectivity index (χ4n) is 2.22. The summed E-state index contributed by atoms with van der Waals surface area (Å²) in [6.45, 7) is 0.629. The number of rotatable bonds is 3. The van der Waals surface area contributed by atoms with Crippen LogP contribution in [0.2, 0.25) is 0 Å². The molecule has 2 atom stereocenters. The Labute approximate surface area is 79.3 Å². The minimum Gasteiger partial charge on any atom is -0.394 e. The molecule has 2 unspecified atom stereocenters. The van der Waals surface area contributed by atoms with E-state index in [1.54, 1.807) is 0 Å². The van der Waals surface area contributed by atoms with Gasteiger partial charge in [0.1, 0.15) is 0 Å². The molecule has 72 valence electrons. The summed E-state index contributed by atoms with van der Waals surface area (Å²) in [6, 6.07) is 0. The van der Waals surface area contributed by atoms with E-state index < -0.39 is 0 Å². The summed E-state index contributed by atoms with van der Waals surface area (Å²) in [5.41, 5.74) is 0.109. The average Bonchev–Trinajstić information content (AvgIpc) is 2.76. The predicted molar refractivity (Wildman–Crippen MR) is 50.1 cm³/mol. The first-order chi connectivity index (χ1) is 6.37. The zero-order valence-electron chi connectivity index (χ0n) is 7.88. The number of hydrogen-bond donors (Lipinski definition) is 1. The molecule has 0 bridgehead atoms. The number of aliphatic hydroxyl groups is 1. The van der Waals surface area contributed by atoms with Crippen LogP contribution < -0.4 is 0 Å². The molecule has 0 radical (unpaired) electrons. The van der Waals surface area contributed by atoms with Gasteiger partial charge in [0.15, 0.2) is 0 Å². The van der Waals surface area contributed by atoms with Crippen molar-refractivity contribution >= 4 is 0 Å². The van der Waals surface area contributed by atoms with Gasteiger partial charge in [-0.2, -0.15) is 0 Å². The van der Waals surface area contributed by atoms with Crippen LogP contribution in [0.3, 0.4) is 0 Å². The van der Waals surface area contributed by atoms with E-state index in [4.69, 9.17) is 9.84 Å². The van der Waals surface area contributed by atoms with Crippen molar-refractivity contribution in [3.63, 3.8) is 0 Å². The maximum Gasteiger partial charge on any atom is 0.0725 e. The molecular formula is C11H16O2. The van der Waals surface area contributed by atoms with Crippen molar-refractivity contribution in [2.75, 3.05) is 13.2 Å². The Bertz CT molecular complexity index is 238. The summed E-state index contributed by atoms with van der Waals surface area (Å²) in [5.74, 6) is 7.03. The molecule has 0 amide bonds. The number of hydrogen-bond acceptors (Lipinski definition) is 2. The zero-order valence-corrected chi connectivity index (χ0v) is 7.88. The maximum absolute atomic E-state index is 8.70. The first-order valence-electron chi connectivity index (χ1n) is 5.08. The Morgan fingerprint density at radius 2 is 2.23 bits per heavy atom. The first-order valence-corrected chi connectivity index (χ1v) is 5.08. The van der Waals surface area contributed by atoms with Crippen LogP contribution in [0.15, 0.2) is 0 Å². The molecule has 2 heteroatoms. The highest BCUT2D eigenvalue weighted by molar-refractivity contribution is 5.12. The molecular weight excluding hydrogens is 164 g/mol. The molecule has 0 aromatic carbocycles. The van der Waals surface area contributed by atoms with E-state index in [0.717, 1.165) is 19.3 Å². The molecule has 0 aromatic rings. The van der Waals surface area contributed by atoms with Crippen LogP contribution in [-0.4, -0.2) is 23.9 Å². The molecule has 2 rings (SSSR count). The molecule has 2 aliphatic carbocycles. The Kier molecular flexibility index (Phi) is 2.57. The molecule has 2 aliphatic rings. The maximum atomic E-state index is 8.70. The highest BCUT2D eigenvalue weighted by Crippen LogP contribution is 2.53. The lowest BCUT2D eigenvalue weighted by Gasteiger charge is -2.17. The molecule has 0 aliphatic heterocycles. The first kappa shape index (κ1) is 9.05. The Hall–Kier alpha value is -0.520. The highest BCUT2D eigenvalue weighted by Gasteiger charge is 2.54. The van der Waals surface area contributed by atoms with Crippen molar-refractivity contribution in [3.05, 3.63) is 0 Å². The fraction of sp³-hybridized carbons (Fsp3) is 0.818. The standard InChI is InChI=1S/C11H16O2/c12-7-8-13-11-6-4-2-1-3-5-10(11)9-11/h10,12H,3-9H2. The lowest BCUT2D eigenvalue weighted by atomic mass is 10.0. The van der Waals surface area contributed by atoms with Gasteiger partial charge in [-0.25, -0.2) is 0 Å². The number of ether oxygens (including phenoxy) is 1. The van der Waals surface area contributed by atoms with Crippen LogP contribution in [-0.2, 0) is 4.74 Å². The molecule has 2 nitrogen and oxygen atoms in total. The van der Waals surface area contributed by atoms with E-state index in [-0.39, 0.29) is 12.2 Å². The van der Waals surface area contributed by atoms with Crippen LogP contribution in [0, 0.1) is 17.8 Å². The molecule has 1 N–H and O–H groups in total. The van der Waals surface area contributed by atoms with E-state index in [9.17, 15) is 0 Å². The third-order valence-corrected chi connectivity index (χ3v) is 3.07. The smallest absolute Gasteiger partial charge is 0.0725 e. The van der Waals surface area contributed by atoms with Crippen molar-refractivity contribution in [1.82, 2.24) is 0 Å². The van der Waals surface area contributed by atoms with Crippen molar-refractivity contribution in [2.45, 2.75) is 37.7 Å². The second-order valence-corrected chi connectivity index (χ2v) is 3.93. The lowest BCUT2D eigenvalue weighted by molar-refractivity contribution is -0.00467. The minimum absolute atomic E-state index is 0.109. The van der Waals surface area contributed by atoms with E-state index in [1.807, 2.05) is 0 Å². The van der Waals surface area contributed by atoms with Crippen molar-refractivity contribution in [1.29, 1.82) is 0 Å². The summed E-state index contributed by atoms with van der Waals surface area (Å²) in [6.07, 6.45) is 5.40. The Balaban J connectivity index is 1.90. The monoisotopic (exact) mass is 180 g/mol. The van der Waals surface area contributed by atoms with Crippen LogP contribution >= 0.6 is 0 Å². The van der Waals surface area contributed by atoms with E-state index in [2.05, 4.69) is 11.8 Å². The summed E-state index contributed by atoms with van der Waals surface area (Å²) in [5, 5.41) is 8.70. The topological polar surface area (TPSA) is 29.5 Å². The normalized spacial score (nSPS) is 36.5. The molecule has 0 spiro atoms. The van der Waals surface area contributed by atoms with Crippen molar-refractivity contribution in [2.24, 2.45) is 5.92 Å². The second-order valence-electron chi connectivity index (χ2n) is 3.93. The summed E-state index contributed by atoms with van der Waals surface area (Å²) in [7, 11) is 0. The molecule has 1 saturated carbocycles. The summed E-state index contributed by atoms with van der Waals surface area (Å²) < 4.78 is 5.71. The summed E-state index contributed by atoms with van der Waals surface area (Å²) >= 11 is 0. The second kappa shape index (κ2) is 3.69. The van der Waals surface area contributed by atoms with Crippen LogP contribution in [0.5, 0.6) is 0 Å². The fourth-order valence-corrected chi connectivity index (χ4v) is 2.22. The van der Waals surface area contributed by atoms with E-state index in [1.165, 1.54) is 12.8 Å². The van der Waals surface area contributed by atoms with Gasteiger partial charge in [0, 0.05) is 12.8 Å². The van der Waals surface area contributed by atoms with Gasteiger partial charge < -0.3 is 9.84 Å². The molecule has 0 heterocycles. The Morgan fingerprint density at radius 1 is 1.38 bits per heavy atom. The number of fused-ring (bicyclic) bond motifs is 1. The minimum atomic E-state index is 0.109. The van der Waals surface area contributed by atoms with Crippen molar-refractivity contribution in [3.8, 4) is 11.8 Å². The quantitative estimate of drug-likeness (QED) is 0.664. The molecule has 1 fully saturated rings. The molecule has 0 aromatic heterocycles.